The third-order valence-electron chi connectivity index (χ3n) is 2.49. The number of carboxylic acids is 1. The van der Waals surface area contributed by atoms with Crippen LogP contribution < -0.4 is 4.72 Å². The first-order valence-corrected chi connectivity index (χ1v) is 8.19. The van der Waals surface area contributed by atoms with Crippen LogP contribution in [-0.2, 0) is 10.0 Å². The molecule has 0 saturated carbocycles. The normalized spacial score (nSPS) is 11.4. The summed E-state index contributed by atoms with van der Waals surface area (Å²) in [6, 6.07) is 4.33. The van der Waals surface area contributed by atoms with Crippen molar-refractivity contribution in [1.29, 1.82) is 0 Å². The van der Waals surface area contributed by atoms with Gasteiger partial charge in [0, 0.05) is 9.90 Å². The molecular formula is C12H9ClFNO4S2. The molecule has 0 fully saturated rings. The van der Waals surface area contributed by atoms with Crippen LogP contribution in [0.3, 0.4) is 0 Å². The van der Waals surface area contributed by atoms with E-state index in [1.807, 2.05) is 0 Å². The Morgan fingerprint density at radius 2 is 2.00 bits per heavy atom. The molecule has 0 aliphatic carbocycles. The summed E-state index contributed by atoms with van der Waals surface area (Å²) in [5.74, 6) is -1.90. The number of sulfonamides is 1. The van der Waals surface area contributed by atoms with Gasteiger partial charge < -0.3 is 5.11 Å². The maximum atomic E-state index is 13.2. The Morgan fingerprint density at radius 1 is 1.33 bits per heavy atom. The molecule has 1 aromatic heterocycles. The highest BCUT2D eigenvalue weighted by atomic mass is 35.5. The van der Waals surface area contributed by atoms with Gasteiger partial charge in [-0.1, -0.05) is 11.6 Å². The summed E-state index contributed by atoms with van der Waals surface area (Å²) >= 11 is 6.50. The van der Waals surface area contributed by atoms with Crippen molar-refractivity contribution in [2.75, 3.05) is 4.72 Å². The zero-order chi connectivity index (χ0) is 15.8. The van der Waals surface area contributed by atoms with Gasteiger partial charge >= 0.3 is 5.97 Å². The number of halogens is 2. The van der Waals surface area contributed by atoms with Crippen molar-refractivity contribution in [3.8, 4) is 0 Å². The number of hydrogen-bond acceptors (Lipinski definition) is 4. The third kappa shape index (κ3) is 3.52. The number of nitrogens with one attached hydrogen (secondary N) is 1. The first-order valence-electron chi connectivity index (χ1n) is 5.51. The SMILES string of the molecule is Cc1sc(C(=O)O)cc1S(=O)(=O)Nc1cc(F)cc(Cl)c1. The number of thiophene rings is 1. The van der Waals surface area contributed by atoms with Crippen LogP contribution in [0.15, 0.2) is 29.2 Å². The minimum Gasteiger partial charge on any atom is -0.477 e. The van der Waals surface area contributed by atoms with Crippen LogP contribution in [0, 0.1) is 12.7 Å². The Balaban J connectivity index is 2.40. The minimum absolute atomic E-state index is 0.0394. The van der Waals surface area contributed by atoms with Crippen molar-refractivity contribution < 1.29 is 22.7 Å². The molecule has 0 bridgehead atoms. The zero-order valence-electron chi connectivity index (χ0n) is 10.6. The van der Waals surface area contributed by atoms with Crippen LogP contribution in [0.5, 0.6) is 0 Å². The second-order valence-electron chi connectivity index (χ2n) is 4.10. The Labute approximate surface area is 129 Å². The van der Waals surface area contributed by atoms with Gasteiger partial charge in [0.05, 0.1) is 5.69 Å². The third-order valence-corrected chi connectivity index (χ3v) is 5.38. The topological polar surface area (TPSA) is 83.5 Å². The van der Waals surface area contributed by atoms with E-state index >= 15 is 0 Å². The molecule has 112 valence electrons. The number of carboxylic acid groups (broad SMARTS) is 1. The fourth-order valence-electron chi connectivity index (χ4n) is 1.66. The van der Waals surface area contributed by atoms with Crippen LogP contribution in [0.4, 0.5) is 10.1 Å². The number of anilines is 1. The molecule has 1 heterocycles. The minimum atomic E-state index is -4.02. The molecule has 2 N–H and O–H groups in total. The van der Waals surface area contributed by atoms with E-state index in [9.17, 15) is 17.6 Å². The molecule has 1 aromatic carbocycles. The highest BCUT2D eigenvalue weighted by molar-refractivity contribution is 7.93. The van der Waals surface area contributed by atoms with Gasteiger partial charge in [-0.15, -0.1) is 11.3 Å². The summed E-state index contributed by atoms with van der Waals surface area (Å²) < 4.78 is 39.8. The Kier molecular flexibility index (Phi) is 4.22. The van der Waals surface area contributed by atoms with E-state index in [1.54, 1.807) is 0 Å². The number of hydrogen-bond donors (Lipinski definition) is 2. The lowest BCUT2D eigenvalue weighted by Gasteiger charge is -2.08. The summed E-state index contributed by atoms with van der Waals surface area (Å²) in [5.41, 5.74) is -0.0394. The molecule has 2 rings (SSSR count). The molecule has 0 amide bonds. The van der Waals surface area contributed by atoms with Crippen molar-refractivity contribution in [2.24, 2.45) is 0 Å². The number of rotatable bonds is 4. The summed E-state index contributed by atoms with van der Waals surface area (Å²) in [5, 5.41) is 8.92. The van der Waals surface area contributed by atoms with Crippen LogP contribution in [0.2, 0.25) is 5.02 Å². The van der Waals surface area contributed by atoms with Crippen LogP contribution in [0.25, 0.3) is 0 Å². The van der Waals surface area contributed by atoms with Gasteiger partial charge in [-0.25, -0.2) is 17.6 Å². The second-order valence-corrected chi connectivity index (χ2v) is 7.44. The van der Waals surface area contributed by atoms with Gasteiger partial charge in [0.1, 0.15) is 15.6 Å². The molecule has 0 radical (unpaired) electrons. The lowest BCUT2D eigenvalue weighted by Crippen LogP contribution is -2.13. The molecule has 0 saturated heterocycles. The average molecular weight is 350 g/mol. The molecule has 21 heavy (non-hydrogen) atoms. The number of carbonyl (C=O) groups is 1. The van der Waals surface area contributed by atoms with Crippen LogP contribution in [0.1, 0.15) is 14.5 Å². The summed E-state index contributed by atoms with van der Waals surface area (Å²) in [7, 11) is -4.02. The fraction of sp³-hybridized carbons (Fsp3) is 0.0833. The van der Waals surface area contributed by atoms with E-state index < -0.39 is 21.8 Å². The summed E-state index contributed by atoms with van der Waals surface area (Å²) in [6.45, 7) is 1.49. The highest BCUT2D eigenvalue weighted by Crippen LogP contribution is 2.28. The Hall–Kier alpha value is -1.64. The quantitative estimate of drug-likeness (QED) is 0.886. The Bertz CT molecular complexity index is 796. The monoisotopic (exact) mass is 349 g/mol. The molecule has 2 aromatic rings. The molecule has 5 nitrogen and oxygen atoms in total. The number of aryl methyl sites for hydroxylation is 1. The lowest BCUT2D eigenvalue weighted by molar-refractivity contribution is 0.0702. The van der Waals surface area contributed by atoms with E-state index in [4.69, 9.17) is 16.7 Å². The van der Waals surface area contributed by atoms with Crippen molar-refractivity contribution in [3.63, 3.8) is 0 Å². The van der Waals surface area contributed by atoms with E-state index in [-0.39, 0.29) is 20.5 Å². The van der Waals surface area contributed by atoms with Crippen molar-refractivity contribution in [1.82, 2.24) is 0 Å². The van der Waals surface area contributed by atoms with Gasteiger partial charge in [-0.3, -0.25) is 4.72 Å². The predicted octanol–water partition coefficient (Wildman–Crippen LogP) is 3.35. The van der Waals surface area contributed by atoms with E-state index in [0.29, 0.717) is 4.88 Å². The largest absolute Gasteiger partial charge is 0.477 e. The van der Waals surface area contributed by atoms with Crippen molar-refractivity contribution >= 4 is 44.6 Å². The second kappa shape index (κ2) is 5.63. The maximum absolute atomic E-state index is 13.2. The first-order chi connectivity index (χ1) is 9.69. The van der Waals surface area contributed by atoms with Gasteiger partial charge in [0.2, 0.25) is 0 Å². The summed E-state index contributed by atoms with van der Waals surface area (Å²) in [6.07, 6.45) is 0. The highest BCUT2D eigenvalue weighted by Gasteiger charge is 2.22. The molecule has 0 aliphatic rings. The van der Waals surface area contributed by atoms with E-state index in [0.717, 1.165) is 29.5 Å². The van der Waals surface area contributed by atoms with Crippen LogP contribution in [-0.4, -0.2) is 19.5 Å². The van der Waals surface area contributed by atoms with E-state index in [1.165, 1.54) is 13.0 Å². The maximum Gasteiger partial charge on any atom is 0.345 e. The Morgan fingerprint density at radius 3 is 2.52 bits per heavy atom. The fourth-order valence-corrected chi connectivity index (χ4v) is 4.35. The van der Waals surface area contributed by atoms with Gasteiger partial charge in [-0.2, -0.15) is 0 Å². The molecule has 0 unspecified atom stereocenters. The van der Waals surface area contributed by atoms with Gasteiger partial charge in [0.25, 0.3) is 10.0 Å². The molecular weight excluding hydrogens is 341 g/mol. The van der Waals surface area contributed by atoms with Gasteiger partial charge in [-0.05, 0) is 31.2 Å². The predicted molar refractivity (Wildman–Crippen MR) is 78.2 cm³/mol. The van der Waals surface area contributed by atoms with Crippen LogP contribution >= 0.6 is 22.9 Å². The zero-order valence-corrected chi connectivity index (χ0v) is 12.9. The van der Waals surface area contributed by atoms with Crippen molar-refractivity contribution in [3.05, 3.63) is 44.9 Å². The molecule has 0 spiro atoms. The number of benzene rings is 1. The molecule has 9 heteroatoms. The lowest BCUT2D eigenvalue weighted by atomic mass is 10.3. The number of aromatic carboxylic acids is 1. The molecule has 0 aliphatic heterocycles. The van der Waals surface area contributed by atoms with Gasteiger partial charge in [0.15, 0.2) is 0 Å². The summed E-state index contributed by atoms with van der Waals surface area (Å²) in [4.78, 5) is 10.9. The first kappa shape index (κ1) is 15.7. The molecule has 0 atom stereocenters. The van der Waals surface area contributed by atoms with E-state index in [2.05, 4.69) is 4.72 Å². The smallest absolute Gasteiger partial charge is 0.345 e. The average Bonchev–Trinajstić information content (AvgIpc) is 2.70. The van der Waals surface area contributed by atoms with Crippen molar-refractivity contribution in [2.45, 2.75) is 11.8 Å². The standard InChI is InChI=1S/C12H9ClFNO4S2/c1-6-11(5-10(20-6)12(16)17)21(18,19)15-9-3-7(13)2-8(14)4-9/h2-5,15H,1H3,(H,16,17).